The van der Waals surface area contributed by atoms with Gasteiger partial charge in [0.1, 0.15) is 12.4 Å². The molecule has 3 rings (SSSR count). The zero-order chi connectivity index (χ0) is 22.2. The number of hydrogen-bond donors (Lipinski definition) is 1. The fourth-order valence-corrected chi connectivity index (χ4v) is 4.06. The first-order chi connectivity index (χ1) is 15.0. The summed E-state index contributed by atoms with van der Waals surface area (Å²) in [6.45, 7) is 4.05. The van der Waals surface area contributed by atoms with E-state index in [1.807, 2.05) is 49.4 Å². The van der Waals surface area contributed by atoms with Gasteiger partial charge in [0, 0.05) is 38.7 Å². The molecule has 0 heterocycles. The molecule has 0 radical (unpaired) electrons. The van der Waals surface area contributed by atoms with Crippen LogP contribution in [0.15, 0.2) is 59.1 Å². The molecule has 164 valence electrons. The Morgan fingerprint density at radius 3 is 2.23 bits per heavy atom. The molecule has 0 fully saturated rings. The fraction of sp³-hybridized carbons (Fsp3) is 0.250. The van der Waals surface area contributed by atoms with Gasteiger partial charge in [-0.25, -0.2) is 0 Å². The Balaban J connectivity index is 1.72. The van der Waals surface area contributed by atoms with Crippen molar-refractivity contribution >= 4 is 39.1 Å². The van der Waals surface area contributed by atoms with Gasteiger partial charge in [0.15, 0.2) is 11.5 Å². The average molecular weight is 525 g/mol. The van der Waals surface area contributed by atoms with Gasteiger partial charge in [-0.2, -0.15) is 0 Å². The molecule has 3 aromatic carbocycles. The Morgan fingerprint density at radius 2 is 1.52 bits per heavy atom. The summed E-state index contributed by atoms with van der Waals surface area (Å²) in [5.74, 6) is 2.16. The van der Waals surface area contributed by atoms with Crippen LogP contribution in [-0.4, -0.2) is 13.7 Å². The number of methoxy groups -OCH3 is 1. The van der Waals surface area contributed by atoms with E-state index in [0.29, 0.717) is 41.2 Å². The van der Waals surface area contributed by atoms with Crippen LogP contribution in [0.1, 0.15) is 23.6 Å². The summed E-state index contributed by atoms with van der Waals surface area (Å²) in [6, 6.07) is 17.2. The Hall–Kier alpha value is -1.92. The zero-order valence-electron chi connectivity index (χ0n) is 17.4. The summed E-state index contributed by atoms with van der Waals surface area (Å²) >= 11 is 16.2. The topological polar surface area (TPSA) is 39.7 Å². The third-order valence-electron chi connectivity index (χ3n) is 4.67. The van der Waals surface area contributed by atoms with E-state index in [9.17, 15) is 0 Å². The summed E-state index contributed by atoms with van der Waals surface area (Å²) in [5.41, 5.74) is 2.90. The van der Waals surface area contributed by atoms with E-state index in [0.717, 1.165) is 26.9 Å². The number of benzene rings is 3. The molecule has 0 bridgehead atoms. The van der Waals surface area contributed by atoms with Crippen LogP contribution in [0.2, 0.25) is 10.0 Å². The SMILES string of the molecule is CCOc1cc(CNCc2ccccc2OC)c(Br)cc1OCc1c(Cl)cccc1Cl. The highest BCUT2D eigenvalue weighted by atomic mass is 79.9. The van der Waals surface area contributed by atoms with E-state index in [1.165, 1.54) is 0 Å². The first kappa shape index (κ1) is 23.7. The second-order valence-electron chi connectivity index (χ2n) is 6.73. The largest absolute Gasteiger partial charge is 0.496 e. The predicted molar refractivity (Wildman–Crippen MR) is 130 cm³/mol. The van der Waals surface area contributed by atoms with Crippen LogP contribution in [0.5, 0.6) is 17.2 Å². The standard InChI is InChI=1S/C24H24BrCl2NO3/c1-3-30-23-11-17(14-28-13-16-7-4-5-10-22(16)29-2)19(25)12-24(23)31-15-18-20(26)8-6-9-21(18)27/h4-12,28H,3,13-15H2,1-2H3. The molecule has 0 saturated heterocycles. The maximum Gasteiger partial charge on any atom is 0.162 e. The van der Waals surface area contributed by atoms with E-state index in [4.69, 9.17) is 37.4 Å². The van der Waals surface area contributed by atoms with E-state index >= 15 is 0 Å². The predicted octanol–water partition coefficient (Wildman–Crippen LogP) is 7.03. The van der Waals surface area contributed by atoms with Crippen molar-refractivity contribution in [1.82, 2.24) is 5.32 Å². The minimum absolute atomic E-state index is 0.246. The second-order valence-corrected chi connectivity index (χ2v) is 8.40. The maximum absolute atomic E-state index is 6.26. The molecule has 0 aromatic heterocycles. The van der Waals surface area contributed by atoms with Crippen LogP contribution in [0.3, 0.4) is 0 Å². The summed E-state index contributed by atoms with van der Waals surface area (Å²) in [5, 5.41) is 4.60. The first-order valence-electron chi connectivity index (χ1n) is 9.87. The Morgan fingerprint density at radius 1 is 0.839 bits per heavy atom. The normalized spacial score (nSPS) is 10.7. The highest BCUT2D eigenvalue weighted by molar-refractivity contribution is 9.10. The third-order valence-corrected chi connectivity index (χ3v) is 6.12. The quantitative estimate of drug-likeness (QED) is 0.309. The van der Waals surface area contributed by atoms with E-state index in [1.54, 1.807) is 19.2 Å². The Bertz CT molecular complexity index is 1010. The highest BCUT2D eigenvalue weighted by Gasteiger charge is 2.13. The van der Waals surface area contributed by atoms with Gasteiger partial charge in [-0.05, 0) is 42.8 Å². The first-order valence-corrected chi connectivity index (χ1v) is 11.4. The smallest absolute Gasteiger partial charge is 0.162 e. The van der Waals surface area contributed by atoms with Gasteiger partial charge in [-0.3, -0.25) is 0 Å². The van der Waals surface area contributed by atoms with Crippen molar-refractivity contribution in [3.8, 4) is 17.2 Å². The molecular formula is C24H24BrCl2NO3. The van der Waals surface area contributed by atoms with Crippen LogP contribution in [0.4, 0.5) is 0 Å². The van der Waals surface area contributed by atoms with Gasteiger partial charge < -0.3 is 19.5 Å². The summed E-state index contributed by atoms with van der Waals surface area (Å²) in [6.07, 6.45) is 0. The molecule has 0 amide bonds. The molecule has 3 aromatic rings. The lowest BCUT2D eigenvalue weighted by Gasteiger charge is -2.16. The van der Waals surface area contributed by atoms with Gasteiger partial charge >= 0.3 is 0 Å². The number of para-hydroxylation sites is 1. The summed E-state index contributed by atoms with van der Waals surface area (Å²) in [7, 11) is 1.68. The number of rotatable bonds is 10. The molecule has 0 saturated carbocycles. The van der Waals surface area contributed by atoms with Crippen molar-refractivity contribution in [1.29, 1.82) is 0 Å². The molecule has 0 aliphatic rings. The molecule has 0 aliphatic heterocycles. The summed E-state index contributed by atoms with van der Waals surface area (Å²) in [4.78, 5) is 0. The molecular weight excluding hydrogens is 501 g/mol. The Kier molecular flexibility index (Phi) is 8.90. The van der Waals surface area contributed by atoms with Crippen molar-refractivity contribution in [2.75, 3.05) is 13.7 Å². The van der Waals surface area contributed by atoms with Crippen LogP contribution in [0.25, 0.3) is 0 Å². The van der Waals surface area contributed by atoms with Crippen LogP contribution in [0, 0.1) is 0 Å². The van der Waals surface area contributed by atoms with Crippen molar-refractivity contribution in [3.05, 3.63) is 85.8 Å². The van der Waals surface area contributed by atoms with Crippen molar-refractivity contribution in [3.63, 3.8) is 0 Å². The number of halogens is 3. The monoisotopic (exact) mass is 523 g/mol. The molecule has 0 aliphatic carbocycles. The van der Waals surface area contributed by atoms with Crippen molar-refractivity contribution in [2.45, 2.75) is 26.6 Å². The minimum Gasteiger partial charge on any atom is -0.496 e. The number of ether oxygens (including phenoxy) is 3. The van der Waals surface area contributed by atoms with E-state index in [-0.39, 0.29) is 6.61 Å². The molecule has 1 N–H and O–H groups in total. The average Bonchev–Trinajstić information content (AvgIpc) is 2.76. The summed E-state index contributed by atoms with van der Waals surface area (Å²) < 4.78 is 18.2. The second kappa shape index (κ2) is 11.6. The van der Waals surface area contributed by atoms with Gasteiger partial charge in [0.05, 0.1) is 13.7 Å². The molecule has 0 spiro atoms. The van der Waals surface area contributed by atoms with Gasteiger partial charge in [0.2, 0.25) is 0 Å². The lowest BCUT2D eigenvalue weighted by Crippen LogP contribution is -2.14. The zero-order valence-corrected chi connectivity index (χ0v) is 20.5. The highest BCUT2D eigenvalue weighted by Crippen LogP contribution is 2.35. The number of hydrogen-bond acceptors (Lipinski definition) is 4. The maximum atomic E-state index is 6.26. The van der Waals surface area contributed by atoms with Gasteiger partial charge in [-0.1, -0.05) is 63.4 Å². The fourth-order valence-electron chi connectivity index (χ4n) is 3.09. The van der Waals surface area contributed by atoms with Gasteiger partial charge in [-0.15, -0.1) is 0 Å². The van der Waals surface area contributed by atoms with Crippen LogP contribution in [-0.2, 0) is 19.7 Å². The van der Waals surface area contributed by atoms with E-state index < -0.39 is 0 Å². The molecule has 31 heavy (non-hydrogen) atoms. The van der Waals surface area contributed by atoms with Crippen LogP contribution >= 0.6 is 39.1 Å². The van der Waals surface area contributed by atoms with E-state index in [2.05, 4.69) is 21.2 Å². The molecule has 0 atom stereocenters. The molecule has 0 unspecified atom stereocenters. The van der Waals surface area contributed by atoms with Crippen LogP contribution < -0.4 is 19.5 Å². The van der Waals surface area contributed by atoms with Gasteiger partial charge in [0.25, 0.3) is 0 Å². The minimum atomic E-state index is 0.246. The Labute approximate surface area is 201 Å². The number of nitrogens with one attached hydrogen (secondary N) is 1. The lowest BCUT2D eigenvalue weighted by molar-refractivity contribution is 0.269. The lowest BCUT2D eigenvalue weighted by atomic mass is 10.1. The van der Waals surface area contributed by atoms with Crippen molar-refractivity contribution in [2.24, 2.45) is 0 Å². The molecule has 7 heteroatoms. The third kappa shape index (κ3) is 6.30. The van der Waals surface area contributed by atoms with Crippen molar-refractivity contribution < 1.29 is 14.2 Å². The molecule has 4 nitrogen and oxygen atoms in total.